The van der Waals surface area contributed by atoms with Gasteiger partial charge in [-0.25, -0.2) is 8.78 Å². The number of piperidine rings is 1. The molecule has 0 spiro atoms. The van der Waals surface area contributed by atoms with Crippen LogP contribution in [-0.2, 0) is 0 Å². The molecule has 0 radical (unpaired) electrons. The quantitative estimate of drug-likeness (QED) is 0.763. The fraction of sp³-hybridized carbons (Fsp3) is 0.417. The highest BCUT2D eigenvalue weighted by atomic mass is 19.3. The van der Waals surface area contributed by atoms with Gasteiger partial charge in [-0.15, -0.1) is 0 Å². The van der Waals surface area contributed by atoms with Crippen LogP contribution in [0.3, 0.4) is 0 Å². The maximum Gasteiger partial charge on any atom is 0.251 e. The van der Waals surface area contributed by atoms with E-state index < -0.39 is 5.92 Å². The van der Waals surface area contributed by atoms with Gasteiger partial charge in [-0.05, 0) is 18.2 Å². The molecule has 1 heterocycles. The predicted molar refractivity (Wildman–Crippen MR) is 62.0 cm³/mol. The Morgan fingerprint density at radius 3 is 2.53 bits per heavy atom. The van der Waals surface area contributed by atoms with E-state index in [1.165, 1.54) is 0 Å². The van der Waals surface area contributed by atoms with Crippen molar-refractivity contribution in [2.24, 2.45) is 0 Å². The molecule has 17 heavy (non-hydrogen) atoms. The van der Waals surface area contributed by atoms with Crippen molar-refractivity contribution >= 4 is 11.4 Å². The first-order valence-corrected chi connectivity index (χ1v) is 5.44. The summed E-state index contributed by atoms with van der Waals surface area (Å²) in [5.41, 5.74) is 7.20. The van der Waals surface area contributed by atoms with Crippen LogP contribution in [0.5, 0.6) is 0 Å². The summed E-state index contributed by atoms with van der Waals surface area (Å²) in [6.45, 7) is 0.615. The fourth-order valence-electron chi connectivity index (χ4n) is 1.93. The van der Waals surface area contributed by atoms with Crippen LogP contribution in [0.15, 0.2) is 18.2 Å². The summed E-state index contributed by atoms with van der Waals surface area (Å²) < 4.78 is 26.0. The topological polar surface area (TPSA) is 53.0 Å². The molecule has 1 aromatic carbocycles. The number of anilines is 2. The van der Waals surface area contributed by atoms with Crippen molar-refractivity contribution in [1.29, 1.82) is 5.26 Å². The smallest absolute Gasteiger partial charge is 0.251 e. The zero-order valence-electron chi connectivity index (χ0n) is 9.29. The molecule has 0 unspecified atom stereocenters. The van der Waals surface area contributed by atoms with E-state index in [-0.39, 0.29) is 12.8 Å². The molecule has 1 aromatic rings. The monoisotopic (exact) mass is 237 g/mol. The van der Waals surface area contributed by atoms with Gasteiger partial charge in [0, 0.05) is 37.3 Å². The number of alkyl halides is 2. The molecule has 0 amide bonds. The van der Waals surface area contributed by atoms with Crippen molar-refractivity contribution in [2.45, 2.75) is 18.8 Å². The van der Waals surface area contributed by atoms with Crippen LogP contribution in [0, 0.1) is 11.3 Å². The molecule has 0 atom stereocenters. The molecule has 0 saturated carbocycles. The number of nitrogens with two attached hydrogens (primary N) is 1. The summed E-state index contributed by atoms with van der Waals surface area (Å²) in [6.07, 6.45) is -0.279. The number of nitrogen functional groups attached to an aromatic ring is 1. The Labute approximate surface area is 98.4 Å². The Morgan fingerprint density at radius 1 is 1.29 bits per heavy atom. The molecule has 1 aliphatic heterocycles. The van der Waals surface area contributed by atoms with Crippen molar-refractivity contribution in [3.8, 4) is 6.07 Å². The Hall–Kier alpha value is -1.83. The van der Waals surface area contributed by atoms with Gasteiger partial charge in [0.05, 0.1) is 5.56 Å². The minimum Gasteiger partial charge on any atom is -0.398 e. The lowest BCUT2D eigenvalue weighted by Gasteiger charge is -2.33. The van der Waals surface area contributed by atoms with Crippen LogP contribution in [0.25, 0.3) is 0 Å². The van der Waals surface area contributed by atoms with Gasteiger partial charge in [0.25, 0.3) is 5.92 Å². The largest absolute Gasteiger partial charge is 0.398 e. The molecular weight excluding hydrogens is 224 g/mol. The normalized spacial score (nSPS) is 18.8. The zero-order chi connectivity index (χ0) is 12.5. The predicted octanol–water partition coefficient (Wildman–Crippen LogP) is 2.38. The molecule has 2 N–H and O–H groups in total. The van der Waals surface area contributed by atoms with Gasteiger partial charge >= 0.3 is 0 Å². The number of nitriles is 1. The van der Waals surface area contributed by atoms with Gasteiger partial charge in [0.2, 0.25) is 0 Å². The minimum absolute atomic E-state index is 0.140. The summed E-state index contributed by atoms with van der Waals surface area (Å²) in [4.78, 5) is 1.86. The zero-order valence-corrected chi connectivity index (χ0v) is 9.29. The van der Waals surface area contributed by atoms with Crippen LogP contribution in [-0.4, -0.2) is 19.0 Å². The highest BCUT2D eigenvalue weighted by Crippen LogP contribution is 2.31. The third-order valence-electron chi connectivity index (χ3n) is 3.02. The van der Waals surface area contributed by atoms with Crippen LogP contribution >= 0.6 is 0 Å². The number of rotatable bonds is 1. The average molecular weight is 237 g/mol. The molecule has 2 rings (SSSR count). The van der Waals surface area contributed by atoms with Gasteiger partial charge in [-0.2, -0.15) is 5.26 Å². The Bertz CT molecular complexity index is 455. The second kappa shape index (κ2) is 4.21. The van der Waals surface area contributed by atoms with E-state index in [9.17, 15) is 8.78 Å². The highest BCUT2D eigenvalue weighted by molar-refractivity contribution is 5.62. The summed E-state index contributed by atoms with van der Waals surface area (Å²) in [5, 5.41) is 8.86. The molecule has 3 nitrogen and oxygen atoms in total. The van der Waals surface area contributed by atoms with Crippen LogP contribution in [0.4, 0.5) is 20.2 Å². The first-order chi connectivity index (χ1) is 8.02. The molecule has 5 heteroatoms. The maximum atomic E-state index is 13.0. The molecule has 1 saturated heterocycles. The summed E-state index contributed by atoms with van der Waals surface area (Å²) in [5.74, 6) is -2.55. The number of hydrogen-bond donors (Lipinski definition) is 1. The summed E-state index contributed by atoms with van der Waals surface area (Å²) in [6, 6.07) is 7.05. The SMILES string of the molecule is N#Cc1cc(N2CCC(F)(F)CC2)ccc1N. The van der Waals surface area contributed by atoms with E-state index in [1.807, 2.05) is 11.0 Å². The molecular formula is C12H13F2N3. The first kappa shape index (κ1) is 11.6. The van der Waals surface area contributed by atoms with E-state index in [1.54, 1.807) is 18.2 Å². The Balaban J connectivity index is 2.17. The molecule has 0 bridgehead atoms. The average Bonchev–Trinajstić information content (AvgIpc) is 2.30. The van der Waals surface area contributed by atoms with Crippen molar-refractivity contribution < 1.29 is 8.78 Å². The summed E-state index contributed by atoms with van der Waals surface area (Å²) >= 11 is 0. The number of nitrogens with zero attached hydrogens (tertiary/aromatic N) is 2. The van der Waals surface area contributed by atoms with E-state index in [0.717, 1.165) is 5.69 Å². The molecule has 0 aromatic heterocycles. The van der Waals surface area contributed by atoms with E-state index >= 15 is 0 Å². The van der Waals surface area contributed by atoms with Crippen molar-refractivity contribution in [3.63, 3.8) is 0 Å². The van der Waals surface area contributed by atoms with Crippen molar-refractivity contribution in [3.05, 3.63) is 23.8 Å². The second-order valence-electron chi connectivity index (χ2n) is 4.23. The van der Waals surface area contributed by atoms with E-state index in [2.05, 4.69) is 0 Å². The maximum absolute atomic E-state index is 13.0. The van der Waals surface area contributed by atoms with Gasteiger partial charge in [0.15, 0.2) is 0 Å². The van der Waals surface area contributed by atoms with Gasteiger partial charge in [-0.3, -0.25) is 0 Å². The van der Waals surface area contributed by atoms with Crippen LogP contribution in [0.2, 0.25) is 0 Å². The number of halogens is 2. The fourth-order valence-corrected chi connectivity index (χ4v) is 1.93. The highest BCUT2D eigenvalue weighted by Gasteiger charge is 2.34. The first-order valence-electron chi connectivity index (χ1n) is 5.44. The summed E-state index contributed by atoms with van der Waals surface area (Å²) in [7, 11) is 0. The Morgan fingerprint density at radius 2 is 1.94 bits per heavy atom. The van der Waals surface area contributed by atoms with E-state index in [0.29, 0.717) is 24.3 Å². The minimum atomic E-state index is -2.55. The third-order valence-corrected chi connectivity index (χ3v) is 3.02. The number of hydrogen-bond acceptors (Lipinski definition) is 3. The van der Waals surface area contributed by atoms with Crippen LogP contribution in [0.1, 0.15) is 18.4 Å². The standard InChI is InChI=1S/C12H13F2N3/c13-12(14)3-5-17(6-4-12)10-1-2-11(16)9(7-10)8-15/h1-2,7H,3-6,16H2. The van der Waals surface area contributed by atoms with Crippen molar-refractivity contribution in [2.75, 3.05) is 23.7 Å². The lowest BCUT2D eigenvalue weighted by Crippen LogP contribution is -2.39. The number of benzene rings is 1. The lowest BCUT2D eigenvalue weighted by molar-refractivity contribution is -0.0220. The molecule has 0 aliphatic carbocycles. The lowest BCUT2D eigenvalue weighted by atomic mass is 10.1. The third kappa shape index (κ3) is 2.47. The second-order valence-corrected chi connectivity index (χ2v) is 4.23. The van der Waals surface area contributed by atoms with E-state index in [4.69, 9.17) is 11.0 Å². The van der Waals surface area contributed by atoms with Gasteiger partial charge in [-0.1, -0.05) is 0 Å². The molecule has 90 valence electrons. The van der Waals surface area contributed by atoms with Gasteiger partial charge in [0.1, 0.15) is 6.07 Å². The van der Waals surface area contributed by atoms with Gasteiger partial charge < -0.3 is 10.6 Å². The Kier molecular flexibility index (Phi) is 2.88. The molecule has 1 fully saturated rings. The van der Waals surface area contributed by atoms with Crippen molar-refractivity contribution in [1.82, 2.24) is 0 Å². The molecule has 1 aliphatic rings. The van der Waals surface area contributed by atoms with Crippen LogP contribution < -0.4 is 10.6 Å².